The summed E-state index contributed by atoms with van der Waals surface area (Å²) in [6, 6.07) is 1.97. The monoisotopic (exact) mass is 451 g/mol. The molecule has 3 aliphatic heterocycles. The molecule has 1 aromatic carbocycles. The van der Waals surface area contributed by atoms with Gasteiger partial charge in [-0.3, -0.25) is 0 Å². The van der Waals surface area contributed by atoms with Crippen molar-refractivity contribution in [3.05, 3.63) is 46.2 Å². The molecule has 0 radical (unpaired) electrons. The summed E-state index contributed by atoms with van der Waals surface area (Å²) in [6.45, 7) is 7.53. The van der Waals surface area contributed by atoms with E-state index in [9.17, 15) is 0 Å². The lowest BCUT2D eigenvalue weighted by Gasteiger charge is -2.26. The van der Waals surface area contributed by atoms with Crippen molar-refractivity contribution in [3.63, 3.8) is 0 Å². The minimum absolute atomic E-state index is 0.0181. The molecule has 2 atom stereocenters. The average molecular weight is 452 g/mol. The highest BCUT2D eigenvalue weighted by molar-refractivity contribution is 5.63. The van der Waals surface area contributed by atoms with E-state index in [0.29, 0.717) is 41.6 Å². The molecule has 1 N–H and O–H groups in total. The zero-order valence-corrected chi connectivity index (χ0v) is 19.2. The number of ether oxygens (including phenoxy) is 4. The summed E-state index contributed by atoms with van der Waals surface area (Å²) < 4.78 is 23.3. The fraction of sp³-hybridized carbons (Fsp3) is 0.458. The lowest BCUT2D eigenvalue weighted by atomic mass is 10.1. The minimum Gasteiger partial charge on any atom is -0.482 e. The van der Waals surface area contributed by atoms with Crippen molar-refractivity contribution in [3.8, 4) is 11.5 Å². The molecule has 3 aliphatic rings. The third-order valence-electron chi connectivity index (χ3n) is 5.94. The van der Waals surface area contributed by atoms with Gasteiger partial charge in [-0.1, -0.05) is 6.92 Å². The van der Waals surface area contributed by atoms with Crippen LogP contribution in [-0.4, -0.2) is 61.1 Å². The van der Waals surface area contributed by atoms with Crippen LogP contribution in [0, 0.1) is 5.92 Å². The van der Waals surface area contributed by atoms with E-state index in [0.717, 1.165) is 41.9 Å². The Morgan fingerprint density at radius 2 is 2.15 bits per heavy atom. The molecule has 4 heterocycles. The first-order valence-corrected chi connectivity index (χ1v) is 11.3. The van der Waals surface area contributed by atoms with Crippen molar-refractivity contribution in [1.82, 2.24) is 20.2 Å². The van der Waals surface area contributed by atoms with Crippen molar-refractivity contribution >= 4 is 18.1 Å². The molecule has 0 saturated heterocycles. The molecule has 1 aromatic heterocycles. The van der Waals surface area contributed by atoms with Gasteiger partial charge in [-0.15, -0.1) is 0 Å². The van der Waals surface area contributed by atoms with Gasteiger partial charge in [0.25, 0.3) is 0 Å². The number of benzene rings is 1. The van der Waals surface area contributed by atoms with Crippen LogP contribution in [0.3, 0.4) is 0 Å². The minimum atomic E-state index is 0.0181. The van der Waals surface area contributed by atoms with Crippen molar-refractivity contribution in [2.24, 2.45) is 10.9 Å². The SMILES string of the molecule is COC1=Cc2cc3c(c4c2=CN1CCNCC(C)COC(C)Cc1cncnc1N=4)OCO3. The largest absolute Gasteiger partial charge is 0.482 e. The Morgan fingerprint density at radius 1 is 1.24 bits per heavy atom. The number of nitrogens with one attached hydrogen (secondary N) is 1. The first-order valence-electron chi connectivity index (χ1n) is 11.3. The Balaban J connectivity index is 1.69. The van der Waals surface area contributed by atoms with Crippen LogP contribution in [0.4, 0.5) is 5.82 Å². The van der Waals surface area contributed by atoms with Crippen LogP contribution in [0.2, 0.25) is 0 Å². The van der Waals surface area contributed by atoms with E-state index in [-0.39, 0.29) is 12.9 Å². The number of rotatable bonds is 1. The fourth-order valence-electron chi connectivity index (χ4n) is 4.22. The highest BCUT2D eigenvalue weighted by Gasteiger charge is 2.23. The summed E-state index contributed by atoms with van der Waals surface area (Å²) >= 11 is 0. The molecule has 2 unspecified atom stereocenters. The molecular weight excluding hydrogens is 422 g/mol. The molecule has 9 nitrogen and oxygen atoms in total. The standard InChI is InChI=1S/C24H29N5O4/c1-15-9-25-4-5-29-11-19-17(8-21(29)30-3)7-20-23(33-14-32-20)22(19)28-24-18(10-26-13-27-24)6-16(2)31-12-15/h7-8,10-11,13,15-16,25H,4-6,9,12,14H2,1-3H3. The van der Waals surface area contributed by atoms with Crippen LogP contribution >= 0.6 is 0 Å². The molecule has 0 fully saturated rings. The number of hydrogen-bond acceptors (Lipinski definition) is 9. The zero-order valence-electron chi connectivity index (χ0n) is 19.2. The first kappa shape index (κ1) is 21.7. The van der Waals surface area contributed by atoms with Crippen molar-refractivity contribution in [1.29, 1.82) is 0 Å². The normalized spacial score (nSPS) is 22.5. The lowest BCUT2D eigenvalue weighted by Crippen LogP contribution is -2.38. The maximum absolute atomic E-state index is 6.11. The van der Waals surface area contributed by atoms with Gasteiger partial charge in [-0.2, -0.15) is 0 Å². The predicted octanol–water partition coefficient (Wildman–Crippen LogP) is 1.34. The Hall–Kier alpha value is -3.17. The van der Waals surface area contributed by atoms with Gasteiger partial charge in [0.15, 0.2) is 23.2 Å². The Kier molecular flexibility index (Phi) is 6.15. The highest BCUT2D eigenvalue weighted by Crippen LogP contribution is 2.30. The summed E-state index contributed by atoms with van der Waals surface area (Å²) in [5, 5.41) is 5.16. The van der Waals surface area contributed by atoms with Gasteiger partial charge in [0.1, 0.15) is 11.7 Å². The molecule has 0 spiro atoms. The van der Waals surface area contributed by atoms with Crippen LogP contribution in [0.5, 0.6) is 11.5 Å². The fourth-order valence-corrected chi connectivity index (χ4v) is 4.22. The van der Waals surface area contributed by atoms with E-state index in [4.69, 9.17) is 23.9 Å². The molecule has 0 aliphatic carbocycles. The third-order valence-corrected chi connectivity index (χ3v) is 5.94. The van der Waals surface area contributed by atoms with Gasteiger partial charge < -0.3 is 29.2 Å². The van der Waals surface area contributed by atoms with E-state index >= 15 is 0 Å². The Labute approximate surface area is 192 Å². The van der Waals surface area contributed by atoms with Crippen molar-refractivity contribution < 1.29 is 18.9 Å². The summed E-state index contributed by atoms with van der Waals surface area (Å²) in [7, 11) is 1.68. The van der Waals surface area contributed by atoms with Gasteiger partial charge >= 0.3 is 0 Å². The Morgan fingerprint density at radius 3 is 3.03 bits per heavy atom. The number of fused-ring (bicyclic) bond motifs is 4. The maximum atomic E-state index is 6.11. The maximum Gasteiger partial charge on any atom is 0.231 e. The number of hydrogen-bond donors (Lipinski definition) is 1. The average Bonchev–Trinajstić information content (AvgIpc) is 3.29. The smallest absolute Gasteiger partial charge is 0.231 e. The summed E-state index contributed by atoms with van der Waals surface area (Å²) in [5.74, 6) is 3.06. The second-order valence-corrected chi connectivity index (χ2v) is 8.61. The second kappa shape index (κ2) is 9.36. The highest BCUT2D eigenvalue weighted by atomic mass is 16.7. The lowest BCUT2D eigenvalue weighted by molar-refractivity contribution is 0.0442. The van der Waals surface area contributed by atoms with Gasteiger partial charge in [0.05, 0.1) is 19.8 Å². The number of aromatic nitrogens is 2. The molecule has 5 rings (SSSR count). The van der Waals surface area contributed by atoms with Crippen LogP contribution in [0.25, 0.3) is 12.3 Å². The van der Waals surface area contributed by atoms with Crippen molar-refractivity contribution in [2.45, 2.75) is 26.4 Å². The molecule has 9 heteroatoms. The summed E-state index contributed by atoms with van der Waals surface area (Å²) in [4.78, 5) is 15.8. The van der Waals surface area contributed by atoms with E-state index in [1.807, 2.05) is 18.3 Å². The summed E-state index contributed by atoms with van der Waals surface area (Å²) in [5.41, 5.74) is 1.88. The van der Waals surface area contributed by atoms with Crippen molar-refractivity contribution in [2.75, 3.05) is 40.1 Å². The number of methoxy groups -OCH3 is 1. The van der Waals surface area contributed by atoms with E-state index < -0.39 is 0 Å². The predicted molar refractivity (Wildman–Crippen MR) is 122 cm³/mol. The van der Waals surface area contributed by atoms with Gasteiger partial charge in [-0.25, -0.2) is 15.0 Å². The number of nitrogens with zero attached hydrogens (tertiary/aromatic N) is 4. The molecule has 33 heavy (non-hydrogen) atoms. The molecule has 2 bridgehead atoms. The van der Waals surface area contributed by atoms with Crippen LogP contribution in [0.15, 0.2) is 29.5 Å². The van der Waals surface area contributed by atoms with Gasteiger partial charge in [0.2, 0.25) is 6.79 Å². The molecule has 2 aromatic rings. The topological polar surface area (TPSA) is 90.3 Å². The molecule has 0 amide bonds. The zero-order chi connectivity index (χ0) is 22.8. The second-order valence-electron chi connectivity index (χ2n) is 8.61. The van der Waals surface area contributed by atoms with Gasteiger partial charge in [0, 0.05) is 48.8 Å². The van der Waals surface area contributed by atoms with Crippen LogP contribution in [0.1, 0.15) is 25.0 Å². The Bertz CT molecular complexity index is 1180. The molecule has 0 saturated carbocycles. The van der Waals surface area contributed by atoms with Crippen LogP contribution in [-0.2, 0) is 15.9 Å². The molecular formula is C24H29N5O4. The third kappa shape index (κ3) is 4.51. The van der Waals surface area contributed by atoms with Crippen LogP contribution < -0.4 is 25.4 Å². The van der Waals surface area contributed by atoms with Gasteiger partial charge in [-0.05, 0) is 31.0 Å². The molecule has 174 valence electrons. The summed E-state index contributed by atoms with van der Waals surface area (Å²) in [6.07, 6.45) is 8.09. The van der Waals surface area contributed by atoms with E-state index in [1.165, 1.54) is 6.33 Å². The first-order chi connectivity index (χ1) is 16.1. The van der Waals surface area contributed by atoms with E-state index in [2.05, 4.69) is 40.2 Å². The van der Waals surface area contributed by atoms with E-state index in [1.54, 1.807) is 7.11 Å². The quantitative estimate of drug-likeness (QED) is 0.695.